The van der Waals surface area contributed by atoms with Crippen LogP contribution in [0.25, 0.3) is 0 Å². The smallest absolute Gasteiger partial charge is 0.214 e. The molecule has 31 heavy (non-hydrogen) atoms. The Bertz CT molecular complexity index is 863. The van der Waals surface area contributed by atoms with Crippen molar-refractivity contribution in [3.05, 3.63) is 29.6 Å². The first-order valence-electron chi connectivity index (χ1n) is 11.6. The first-order chi connectivity index (χ1) is 14.9. The van der Waals surface area contributed by atoms with E-state index in [4.69, 9.17) is 9.47 Å². The van der Waals surface area contributed by atoms with Crippen LogP contribution in [0.2, 0.25) is 0 Å². The number of rotatable bonds is 6. The van der Waals surface area contributed by atoms with Crippen LogP contribution in [0.3, 0.4) is 0 Å². The number of methoxy groups -OCH3 is 2. The molecule has 1 saturated heterocycles. The summed E-state index contributed by atoms with van der Waals surface area (Å²) in [5, 5.41) is 13.0. The number of benzene rings is 1. The molecule has 1 aliphatic heterocycles. The second-order valence-electron chi connectivity index (χ2n) is 9.96. The number of hydrogen-bond acceptors (Lipinski definition) is 5. The number of quaternary nitrogens is 2. The van der Waals surface area contributed by atoms with Crippen LogP contribution in [-0.2, 0) is 5.54 Å². The van der Waals surface area contributed by atoms with Crippen LogP contribution >= 0.6 is 0 Å². The fourth-order valence-corrected chi connectivity index (χ4v) is 5.38. The lowest BCUT2D eigenvalue weighted by atomic mass is 9.99. The zero-order valence-corrected chi connectivity index (χ0v) is 19.6. The number of nitrogens with one attached hydrogen (secondary N) is 2. The summed E-state index contributed by atoms with van der Waals surface area (Å²) < 4.78 is 13.3. The first kappa shape index (κ1) is 22.0. The monoisotopic (exact) mass is 430 g/mol. The topological polar surface area (TPSA) is 70.9 Å². The Morgan fingerprint density at radius 2 is 1.74 bits per heavy atom. The summed E-state index contributed by atoms with van der Waals surface area (Å²) in [6.07, 6.45) is 5.57. The second kappa shape index (κ2) is 9.12. The molecule has 2 aromatic rings. The number of tetrazole rings is 1. The van der Waals surface area contributed by atoms with Gasteiger partial charge in [-0.2, -0.15) is 0 Å². The van der Waals surface area contributed by atoms with Gasteiger partial charge in [0, 0.05) is 0 Å². The number of ether oxygens (including phenoxy) is 2. The van der Waals surface area contributed by atoms with E-state index in [0.717, 1.165) is 42.0 Å². The molecule has 1 aliphatic carbocycles. The second-order valence-corrected chi connectivity index (χ2v) is 9.96. The third-order valence-electron chi connectivity index (χ3n) is 7.01. The third kappa shape index (κ3) is 4.55. The Balaban J connectivity index is 1.70. The van der Waals surface area contributed by atoms with Gasteiger partial charge in [0.05, 0.1) is 31.4 Å². The van der Waals surface area contributed by atoms with Crippen LogP contribution in [0.5, 0.6) is 11.5 Å². The van der Waals surface area contributed by atoms with Crippen molar-refractivity contribution >= 4 is 0 Å². The normalized spacial score (nSPS) is 23.6. The summed E-state index contributed by atoms with van der Waals surface area (Å²) >= 11 is 0. The Labute approximate surface area is 185 Å². The Morgan fingerprint density at radius 1 is 1.03 bits per heavy atom. The predicted molar refractivity (Wildman–Crippen MR) is 118 cm³/mol. The summed E-state index contributed by atoms with van der Waals surface area (Å²) in [6.45, 7) is 11.0. The molecule has 1 atom stereocenters. The van der Waals surface area contributed by atoms with Crippen LogP contribution in [0.1, 0.15) is 63.9 Å². The van der Waals surface area contributed by atoms with Gasteiger partial charge in [0.15, 0.2) is 6.04 Å². The van der Waals surface area contributed by atoms with Crippen LogP contribution in [-0.4, -0.2) is 66.6 Å². The molecule has 4 rings (SSSR count). The summed E-state index contributed by atoms with van der Waals surface area (Å²) in [5.74, 6) is 2.57. The zero-order valence-electron chi connectivity index (χ0n) is 19.6. The van der Waals surface area contributed by atoms with Crippen molar-refractivity contribution in [3.8, 4) is 11.5 Å². The fourth-order valence-electron chi connectivity index (χ4n) is 5.38. The van der Waals surface area contributed by atoms with E-state index in [1.54, 1.807) is 19.1 Å². The van der Waals surface area contributed by atoms with Crippen molar-refractivity contribution in [2.45, 2.75) is 64.1 Å². The molecule has 1 aromatic carbocycles. The summed E-state index contributed by atoms with van der Waals surface area (Å²) in [7, 11) is 3.43. The Hall–Kier alpha value is -2.19. The summed E-state index contributed by atoms with van der Waals surface area (Å²) in [6, 6.07) is 6.87. The highest BCUT2D eigenvalue weighted by atomic mass is 16.5. The molecule has 0 bridgehead atoms. The highest BCUT2D eigenvalue weighted by Crippen LogP contribution is 2.32. The molecule has 0 amide bonds. The van der Waals surface area contributed by atoms with Crippen molar-refractivity contribution in [3.63, 3.8) is 0 Å². The minimum absolute atomic E-state index is 0.00981. The average molecular weight is 431 g/mol. The van der Waals surface area contributed by atoms with Crippen LogP contribution in [0.4, 0.5) is 0 Å². The van der Waals surface area contributed by atoms with Crippen LogP contribution in [0.15, 0.2) is 18.2 Å². The maximum Gasteiger partial charge on any atom is 0.214 e. The predicted octanol–water partition coefficient (Wildman–Crippen LogP) is 0.261. The largest absolute Gasteiger partial charge is 0.497 e. The van der Waals surface area contributed by atoms with E-state index in [1.165, 1.54) is 43.7 Å². The highest BCUT2D eigenvalue weighted by Gasteiger charge is 2.40. The maximum absolute atomic E-state index is 5.79. The van der Waals surface area contributed by atoms with E-state index < -0.39 is 0 Å². The van der Waals surface area contributed by atoms with Gasteiger partial charge in [-0.1, -0.05) is 0 Å². The third-order valence-corrected chi connectivity index (χ3v) is 7.01. The number of aromatic nitrogens is 4. The Kier molecular flexibility index (Phi) is 6.48. The standard InChI is InChI=1S/C23H36N6O2/c1-23(2,3)29-22(24-25-26-29)21(19-16-18(30-4)10-11-20(19)31-5)28-14-12-27(13-15-28)17-8-6-7-9-17/h10-11,16-17,21H,6-9,12-15H2,1-5H3/p+2/t21-/m0/s1. The number of nitrogens with zero attached hydrogens (tertiary/aromatic N) is 4. The molecule has 8 heteroatoms. The lowest BCUT2D eigenvalue weighted by Gasteiger charge is -2.37. The molecule has 0 spiro atoms. The van der Waals surface area contributed by atoms with Gasteiger partial charge < -0.3 is 19.3 Å². The van der Waals surface area contributed by atoms with Crippen molar-refractivity contribution < 1.29 is 19.3 Å². The SMILES string of the molecule is COc1ccc(OC)c([C@@H](c2nnnn2C(C)(C)C)[NH+]2CC[NH+](C3CCCC3)CC2)c1. The number of hydrogen-bond donors (Lipinski definition) is 2. The van der Waals surface area contributed by atoms with Crippen molar-refractivity contribution in [1.82, 2.24) is 20.2 Å². The Morgan fingerprint density at radius 3 is 2.35 bits per heavy atom. The van der Waals surface area contributed by atoms with E-state index in [2.05, 4.69) is 42.4 Å². The molecule has 0 radical (unpaired) electrons. The molecular formula is C23H38N6O2+2. The zero-order chi connectivity index (χ0) is 22.0. The molecule has 170 valence electrons. The van der Waals surface area contributed by atoms with E-state index in [9.17, 15) is 0 Å². The molecule has 2 aliphatic rings. The quantitative estimate of drug-likeness (QED) is 0.688. The van der Waals surface area contributed by atoms with Gasteiger partial charge in [-0.3, -0.25) is 0 Å². The van der Waals surface area contributed by atoms with E-state index in [-0.39, 0.29) is 11.6 Å². The summed E-state index contributed by atoms with van der Waals surface area (Å²) in [5.41, 5.74) is 0.876. The van der Waals surface area contributed by atoms with Crippen molar-refractivity contribution in [2.75, 3.05) is 40.4 Å². The molecule has 8 nitrogen and oxygen atoms in total. The van der Waals surface area contributed by atoms with E-state index in [1.807, 2.05) is 16.8 Å². The average Bonchev–Trinajstić information content (AvgIpc) is 3.47. The lowest BCUT2D eigenvalue weighted by Crippen LogP contribution is -3.29. The molecule has 2 heterocycles. The van der Waals surface area contributed by atoms with Gasteiger partial charge >= 0.3 is 0 Å². The van der Waals surface area contributed by atoms with Gasteiger partial charge in [0.25, 0.3) is 0 Å². The first-order valence-corrected chi connectivity index (χ1v) is 11.6. The van der Waals surface area contributed by atoms with Gasteiger partial charge in [0.1, 0.15) is 37.7 Å². The van der Waals surface area contributed by atoms with E-state index >= 15 is 0 Å². The van der Waals surface area contributed by atoms with Gasteiger partial charge in [-0.25, -0.2) is 4.68 Å². The van der Waals surface area contributed by atoms with Gasteiger partial charge in [0.2, 0.25) is 5.82 Å². The minimum atomic E-state index is -0.209. The van der Waals surface area contributed by atoms with Crippen LogP contribution < -0.4 is 19.3 Å². The minimum Gasteiger partial charge on any atom is -0.497 e. The molecule has 0 unspecified atom stereocenters. The molecule has 1 aromatic heterocycles. The molecule has 2 fully saturated rings. The van der Waals surface area contributed by atoms with Gasteiger partial charge in [-0.05, 0) is 75.1 Å². The fraction of sp³-hybridized carbons (Fsp3) is 0.696. The van der Waals surface area contributed by atoms with E-state index in [0.29, 0.717) is 0 Å². The maximum atomic E-state index is 5.79. The molecule has 1 saturated carbocycles. The highest BCUT2D eigenvalue weighted by molar-refractivity contribution is 5.43. The lowest BCUT2D eigenvalue weighted by molar-refractivity contribution is -1.03. The molecular weight excluding hydrogens is 392 g/mol. The van der Waals surface area contributed by atoms with Crippen LogP contribution in [0, 0.1) is 0 Å². The molecule has 2 N–H and O–H groups in total. The summed E-state index contributed by atoms with van der Waals surface area (Å²) in [4.78, 5) is 3.28. The van der Waals surface area contributed by atoms with Crippen molar-refractivity contribution in [2.24, 2.45) is 0 Å². The van der Waals surface area contributed by atoms with Crippen molar-refractivity contribution in [1.29, 1.82) is 0 Å². The number of piperazine rings is 1. The van der Waals surface area contributed by atoms with Gasteiger partial charge in [-0.15, -0.1) is 5.10 Å².